The van der Waals surface area contributed by atoms with Crippen molar-refractivity contribution in [3.05, 3.63) is 5.73 Å². The number of ether oxygens (including phenoxy) is 1. The molecule has 42 valence electrons. The number of carbonyl (C=O) groups excluding carboxylic acids is 1. The molecule has 0 amide bonds. The van der Waals surface area contributed by atoms with Gasteiger partial charge in [0.15, 0.2) is 0 Å². The molecule has 0 saturated carbocycles. The summed E-state index contributed by atoms with van der Waals surface area (Å²) >= 11 is 0. The van der Waals surface area contributed by atoms with Crippen LogP contribution in [0.5, 0.6) is 0 Å². The van der Waals surface area contributed by atoms with Crippen LogP contribution in [0, 0.1) is 0 Å². The minimum atomic E-state index is -0.310. The van der Waals surface area contributed by atoms with Crippen molar-refractivity contribution < 1.29 is 9.53 Å². The van der Waals surface area contributed by atoms with Gasteiger partial charge in [0.1, 0.15) is 0 Å². The van der Waals surface area contributed by atoms with E-state index in [-0.39, 0.29) is 18.9 Å². The fraction of sp³-hybridized carbons (Fsp3) is 0.750. The standard InChI is InChI=1S/C4H8NO2/c1-7-4(6)2-3-5/h5H,2-3H2,1H3/q-1. The zero-order chi connectivity index (χ0) is 5.70. The largest absolute Gasteiger partial charge is 0.677 e. The molecule has 0 aliphatic rings. The van der Waals surface area contributed by atoms with E-state index in [9.17, 15) is 4.79 Å². The van der Waals surface area contributed by atoms with Gasteiger partial charge >= 0.3 is 5.97 Å². The van der Waals surface area contributed by atoms with E-state index in [1.54, 1.807) is 0 Å². The predicted octanol–water partition coefficient (Wildman–Crippen LogP) is 0.602. The van der Waals surface area contributed by atoms with Gasteiger partial charge in [0.2, 0.25) is 0 Å². The first-order valence-electron chi connectivity index (χ1n) is 2.02. The molecule has 0 spiro atoms. The lowest BCUT2D eigenvalue weighted by Crippen LogP contribution is -1.99. The molecule has 0 aromatic rings. The minimum Gasteiger partial charge on any atom is -0.677 e. The van der Waals surface area contributed by atoms with Crippen LogP contribution in [0.1, 0.15) is 6.42 Å². The summed E-state index contributed by atoms with van der Waals surface area (Å²) in [4.78, 5) is 10.1. The number of carbonyl (C=O) groups is 1. The van der Waals surface area contributed by atoms with Gasteiger partial charge in [-0.1, -0.05) is 0 Å². The number of esters is 1. The Bertz CT molecular complexity index is 62.7. The minimum absolute atomic E-state index is 0.118. The van der Waals surface area contributed by atoms with Crippen molar-refractivity contribution in [2.45, 2.75) is 6.42 Å². The van der Waals surface area contributed by atoms with Crippen molar-refractivity contribution in [3.63, 3.8) is 0 Å². The van der Waals surface area contributed by atoms with Crippen LogP contribution in [0.2, 0.25) is 0 Å². The van der Waals surface area contributed by atoms with Crippen LogP contribution < -0.4 is 0 Å². The molecular formula is C4H8NO2-. The normalized spacial score (nSPS) is 8.29. The van der Waals surface area contributed by atoms with Crippen LogP contribution in [0.15, 0.2) is 0 Å². The molecule has 0 unspecified atom stereocenters. The van der Waals surface area contributed by atoms with Crippen molar-refractivity contribution in [1.29, 1.82) is 0 Å². The van der Waals surface area contributed by atoms with Crippen molar-refractivity contribution in [3.8, 4) is 0 Å². The molecule has 7 heavy (non-hydrogen) atoms. The Kier molecular flexibility index (Phi) is 3.32. The highest BCUT2D eigenvalue weighted by Gasteiger charge is 1.89. The van der Waals surface area contributed by atoms with Crippen LogP contribution >= 0.6 is 0 Å². The highest BCUT2D eigenvalue weighted by molar-refractivity contribution is 5.69. The summed E-state index contributed by atoms with van der Waals surface area (Å²) in [6, 6.07) is 0. The van der Waals surface area contributed by atoms with E-state index in [4.69, 9.17) is 5.73 Å². The summed E-state index contributed by atoms with van der Waals surface area (Å²) in [6.45, 7) is 0.118. The van der Waals surface area contributed by atoms with E-state index in [1.165, 1.54) is 7.11 Å². The highest BCUT2D eigenvalue weighted by Crippen LogP contribution is 1.80. The average molecular weight is 102 g/mol. The van der Waals surface area contributed by atoms with Gasteiger partial charge in [-0.3, -0.25) is 4.79 Å². The van der Waals surface area contributed by atoms with Crippen LogP contribution in [0.3, 0.4) is 0 Å². The average Bonchev–Trinajstić information content (AvgIpc) is 1.68. The summed E-state index contributed by atoms with van der Waals surface area (Å²) in [5, 5.41) is 0. The molecule has 0 saturated heterocycles. The summed E-state index contributed by atoms with van der Waals surface area (Å²) < 4.78 is 4.23. The van der Waals surface area contributed by atoms with Crippen molar-refractivity contribution in [1.82, 2.24) is 0 Å². The van der Waals surface area contributed by atoms with Crippen LogP contribution in [-0.4, -0.2) is 19.6 Å². The van der Waals surface area contributed by atoms with Crippen LogP contribution in [0.4, 0.5) is 0 Å². The maximum absolute atomic E-state index is 10.1. The molecule has 0 bridgehead atoms. The van der Waals surface area contributed by atoms with Gasteiger partial charge in [0.25, 0.3) is 0 Å². The predicted molar refractivity (Wildman–Crippen MR) is 25.8 cm³/mol. The molecule has 0 aromatic heterocycles. The van der Waals surface area contributed by atoms with Crippen LogP contribution in [0.25, 0.3) is 5.73 Å². The molecule has 0 fully saturated rings. The number of methoxy groups -OCH3 is 1. The van der Waals surface area contributed by atoms with Gasteiger partial charge in [-0.05, 0) is 0 Å². The Morgan fingerprint density at radius 2 is 2.43 bits per heavy atom. The van der Waals surface area contributed by atoms with E-state index in [1.807, 2.05) is 0 Å². The molecule has 3 heteroatoms. The molecule has 0 aromatic carbocycles. The van der Waals surface area contributed by atoms with Gasteiger partial charge in [0.05, 0.1) is 7.11 Å². The van der Waals surface area contributed by atoms with Crippen molar-refractivity contribution in [2.24, 2.45) is 0 Å². The van der Waals surface area contributed by atoms with E-state index in [0.717, 1.165) is 0 Å². The maximum atomic E-state index is 10.1. The monoisotopic (exact) mass is 102 g/mol. The zero-order valence-electron chi connectivity index (χ0n) is 4.23. The quantitative estimate of drug-likeness (QED) is 0.479. The van der Waals surface area contributed by atoms with E-state index in [0.29, 0.717) is 0 Å². The van der Waals surface area contributed by atoms with Crippen molar-refractivity contribution >= 4 is 5.97 Å². The second kappa shape index (κ2) is 3.61. The maximum Gasteiger partial charge on any atom is 0.303 e. The van der Waals surface area contributed by atoms with Gasteiger partial charge < -0.3 is 10.5 Å². The SMILES string of the molecule is COC(=O)CC[NH-]. The third-order valence-electron chi connectivity index (χ3n) is 0.557. The number of hydrogen-bond acceptors (Lipinski definition) is 2. The molecule has 0 atom stereocenters. The number of nitrogens with one attached hydrogen (secondary N) is 1. The molecule has 1 N–H and O–H groups in total. The second-order valence-electron chi connectivity index (χ2n) is 1.08. The van der Waals surface area contributed by atoms with Gasteiger partial charge in [-0.25, -0.2) is 0 Å². The Hall–Kier alpha value is -0.570. The lowest BCUT2D eigenvalue weighted by atomic mass is 10.4. The number of hydrogen-bond donors (Lipinski definition) is 0. The lowest BCUT2D eigenvalue weighted by Gasteiger charge is -1.96. The summed E-state index contributed by atoms with van der Waals surface area (Å²) in [6.07, 6.45) is 0.205. The highest BCUT2D eigenvalue weighted by atomic mass is 16.5. The molecule has 0 aliphatic heterocycles. The Morgan fingerprint density at radius 1 is 1.86 bits per heavy atom. The third kappa shape index (κ3) is 3.26. The Balaban J connectivity index is 3.00. The van der Waals surface area contributed by atoms with E-state index >= 15 is 0 Å². The second-order valence-corrected chi connectivity index (χ2v) is 1.08. The lowest BCUT2D eigenvalue weighted by molar-refractivity contribution is -0.140. The summed E-state index contributed by atoms with van der Waals surface area (Å²) in [7, 11) is 1.32. The summed E-state index contributed by atoms with van der Waals surface area (Å²) in [5.41, 5.74) is 6.54. The van der Waals surface area contributed by atoms with E-state index in [2.05, 4.69) is 4.74 Å². The zero-order valence-corrected chi connectivity index (χ0v) is 4.23. The fourth-order valence-electron chi connectivity index (χ4n) is 0.204. The molecule has 3 nitrogen and oxygen atoms in total. The van der Waals surface area contributed by atoms with Gasteiger partial charge in [-0.15, -0.1) is 6.54 Å². The topological polar surface area (TPSA) is 50.1 Å². The molecule has 0 rings (SSSR count). The number of rotatable bonds is 2. The van der Waals surface area contributed by atoms with Crippen molar-refractivity contribution in [2.75, 3.05) is 13.7 Å². The molecule has 0 heterocycles. The van der Waals surface area contributed by atoms with Crippen LogP contribution in [-0.2, 0) is 9.53 Å². The summed E-state index contributed by atoms with van der Waals surface area (Å²) in [5.74, 6) is -0.310. The first kappa shape index (κ1) is 6.43. The van der Waals surface area contributed by atoms with Gasteiger partial charge in [0, 0.05) is 6.42 Å². The molecule has 0 aliphatic carbocycles. The van der Waals surface area contributed by atoms with E-state index < -0.39 is 0 Å². The first-order valence-corrected chi connectivity index (χ1v) is 2.02. The smallest absolute Gasteiger partial charge is 0.303 e. The fourth-order valence-corrected chi connectivity index (χ4v) is 0.204. The third-order valence-corrected chi connectivity index (χ3v) is 0.557. The first-order chi connectivity index (χ1) is 3.31. The molecular weight excluding hydrogens is 94.0 g/mol. The Labute approximate surface area is 42.4 Å². The Morgan fingerprint density at radius 3 is 2.57 bits per heavy atom. The van der Waals surface area contributed by atoms with Gasteiger partial charge in [-0.2, -0.15) is 0 Å². The molecule has 0 radical (unpaired) electrons.